The average molecular weight is 259 g/mol. The molecule has 1 aromatic carbocycles. The number of hydrogen-bond acceptors (Lipinski definition) is 3. The van der Waals surface area contributed by atoms with Crippen molar-refractivity contribution in [1.29, 1.82) is 0 Å². The number of aliphatic hydroxyl groups excluding tert-OH is 1. The minimum Gasteiger partial charge on any atom is -0.389 e. The standard InChI is InChI=1S/C12H18N2O2.ClH/c1-8(13)12(16)14-7-10-3-5-11(6-4-10)9(2)15;/h3-6,8-9,15H,7,13H2,1-2H3,(H,14,16);1H/t8-,9?;/m0./s1. The van der Waals surface area contributed by atoms with Gasteiger partial charge < -0.3 is 16.2 Å². The number of nitrogens with two attached hydrogens (primary N) is 1. The Hall–Kier alpha value is -1.10. The molecule has 5 heteroatoms. The van der Waals surface area contributed by atoms with Crippen LogP contribution in [0.15, 0.2) is 24.3 Å². The Morgan fingerprint density at radius 1 is 1.35 bits per heavy atom. The van der Waals surface area contributed by atoms with Crippen molar-refractivity contribution in [3.05, 3.63) is 35.4 Å². The Labute approximate surface area is 108 Å². The van der Waals surface area contributed by atoms with Gasteiger partial charge in [-0.3, -0.25) is 4.79 Å². The summed E-state index contributed by atoms with van der Waals surface area (Å²) in [5.74, 6) is -0.167. The molecule has 0 aliphatic rings. The van der Waals surface area contributed by atoms with Crippen LogP contribution in [-0.4, -0.2) is 17.1 Å². The summed E-state index contributed by atoms with van der Waals surface area (Å²) in [6.07, 6.45) is -0.465. The zero-order valence-electron chi connectivity index (χ0n) is 10.0. The van der Waals surface area contributed by atoms with Crippen molar-refractivity contribution in [3.8, 4) is 0 Å². The van der Waals surface area contributed by atoms with E-state index in [1.54, 1.807) is 13.8 Å². The molecule has 1 unspecified atom stereocenters. The normalized spacial score (nSPS) is 13.4. The van der Waals surface area contributed by atoms with Gasteiger partial charge in [0, 0.05) is 6.54 Å². The number of hydrogen-bond donors (Lipinski definition) is 3. The smallest absolute Gasteiger partial charge is 0.236 e. The molecule has 0 aromatic heterocycles. The Bertz CT molecular complexity index is 350. The van der Waals surface area contributed by atoms with Crippen LogP contribution in [0.5, 0.6) is 0 Å². The molecular weight excluding hydrogens is 240 g/mol. The van der Waals surface area contributed by atoms with Crippen LogP contribution in [0.2, 0.25) is 0 Å². The third kappa shape index (κ3) is 5.17. The van der Waals surface area contributed by atoms with E-state index in [0.717, 1.165) is 11.1 Å². The van der Waals surface area contributed by atoms with Crippen molar-refractivity contribution in [2.75, 3.05) is 0 Å². The molecule has 1 rings (SSSR count). The highest BCUT2D eigenvalue weighted by atomic mass is 35.5. The highest BCUT2D eigenvalue weighted by molar-refractivity contribution is 5.85. The Morgan fingerprint density at radius 2 is 1.88 bits per heavy atom. The van der Waals surface area contributed by atoms with Crippen molar-refractivity contribution in [2.24, 2.45) is 5.73 Å². The summed E-state index contributed by atoms with van der Waals surface area (Å²) in [5, 5.41) is 12.0. The van der Waals surface area contributed by atoms with Gasteiger partial charge >= 0.3 is 0 Å². The maximum absolute atomic E-state index is 11.2. The van der Waals surface area contributed by atoms with Crippen LogP contribution in [0.3, 0.4) is 0 Å². The fourth-order valence-electron chi connectivity index (χ4n) is 1.26. The number of benzene rings is 1. The predicted molar refractivity (Wildman–Crippen MR) is 69.8 cm³/mol. The summed E-state index contributed by atoms with van der Waals surface area (Å²) < 4.78 is 0. The van der Waals surface area contributed by atoms with E-state index in [4.69, 9.17) is 5.73 Å². The largest absolute Gasteiger partial charge is 0.389 e. The van der Waals surface area contributed by atoms with Crippen LogP contribution >= 0.6 is 12.4 Å². The molecule has 0 spiro atoms. The second kappa shape index (κ2) is 7.27. The first-order valence-electron chi connectivity index (χ1n) is 5.31. The number of halogens is 1. The lowest BCUT2D eigenvalue weighted by atomic mass is 10.1. The first-order chi connectivity index (χ1) is 7.50. The monoisotopic (exact) mass is 258 g/mol. The van der Waals surface area contributed by atoms with E-state index in [1.807, 2.05) is 24.3 Å². The molecule has 0 aliphatic heterocycles. The van der Waals surface area contributed by atoms with Crippen LogP contribution in [-0.2, 0) is 11.3 Å². The van der Waals surface area contributed by atoms with Gasteiger partial charge in [-0.1, -0.05) is 24.3 Å². The van der Waals surface area contributed by atoms with Gasteiger partial charge in [0.1, 0.15) is 0 Å². The lowest BCUT2D eigenvalue weighted by molar-refractivity contribution is -0.122. The first kappa shape index (κ1) is 15.9. The number of aliphatic hydroxyl groups is 1. The summed E-state index contributed by atoms with van der Waals surface area (Å²) >= 11 is 0. The third-order valence-corrected chi connectivity index (χ3v) is 2.34. The van der Waals surface area contributed by atoms with E-state index in [0.29, 0.717) is 6.54 Å². The van der Waals surface area contributed by atoms with E-state index >= 15 is 0 Å². The molecule has 0 heterocycles. The molecule has 1 amide bonds. The highest BCUT2D eigenvalue weighted by Gasteiger charge is 2.06. The van der Waals surface area contributed by atoms with Gasteiger partial charge in [0.25, 0.3) is 0 Å². The van der Waals surface area contributed by atoms with Crippen LogP contribution < -0.4 is 11.1 Å². The van der Waals surface area contributed by atoms with Gasteiger partial charge in [-0.2, -0.15) is 0 Å². The van der Waals surface area contributed by atoms with Crippen molar-refractivity contribution >= 4 is 18.3 Å². The summed E-state index contributed by atoms with van der Waals surface area (Å²) in [4.78, 5) is 11.2. The van der Waals surface area contributed by atoms with Gasteiger partial charge in [-0.25, -0.2) is 0 Å². The fourth-order valence-corrected chi connectivity index (χ4v) is 1.26. The molecule has 0 saturated heterocycles. The van der Waals surface area contributed by atoms with Crippen LogP contribution in [0.4, 0.5) is 0 Å². The minimum atomic E-state index is -0.489. The second-order valence-corrected chi connectivity index (χ2v) is 3.92. The molecular formula is C12H19ClN2O2. The van der Waals surface area contributed by atoms with Crippen LogP contribution in [0.25, 0.3) is 0 Å². The number of rotatable bonds is 4. The SMILES string of the molecule is CC(O)c1ccc(CNC(=O)[C@H](C)N)cc1.Cl. The van der Waals surface area contributed by atoms with Gasteiger partial charge in [-0.15, -0.1) is 12.4 Å². The van der Waals surface area contributed by atoms with Crippen molar-refractivity contribution in [1.82, 2.24) is 5.32 Å². The zero-order valence-corrected chi connectivity index (χ0v) is 10.8. The molecule has 96 valence electrons. The molecule has 0 radical (unpaired) electrons. The molecule has 0 fully saturated rings. The quantitative estimate of drug-likeness (QED) is 0.758. The Morgan fingerprint density at radius 3 is 2.29 bits per heavy atom. The lowest BCUT2D eigenvalue weighted by Crippen LogP contribution is -2.37. The minimum absolute atomic E-state index is 0. The Balaban J connectivity index is 0.00000256. The van der Waals surface area contributed by atoms with Crippen LogP contribution in [0, 0.1) is 0 Å². The molecule has 0 saturated carbocycles. The van der Waals surface area contributed by atoms with Gasteiger partial charge in [0.15, 0.2) is 0 Å². The number of carbonyl (C=O) groups excluding carboxylic acids is 1. The zero-order chi connectivity index (χ0) is 12.1. The molecule has 4 N–H and O–H groups in total. The molecule has 2 atom stereocenters. The lowest BCUT2D eigenvalue weighted by Gasteiger charge is -2.09. The average Bonchev–Trinajstić information content (AvgIpc) is 2.26. The molecule has 17 heavy (non-hydrogen) atoms. The fraction of sp³-hybridized carbons (Fsp3) is 0.417. The number of nitrogens with one attached hydrogen (secondary N) is 1. The number of amides is 1. The summed E-state index contributed by atoms with van der Waals surface area (Å²) in [7, 11) is 0. The van der Waals surface area contributed by atoms with Crippen LogP contribution in [0.1, 0.15) is 31.1 Å². The maximum atomic E-state index is 11.2. The van der Waals surface area contributed by atoms with E-state index in [1.165, 1.54) is 0 Å². The van der Waals surface area contributed by atoms with Gasteiger partial charge in [0.05, 0.1) is 12.1 Å². The molecule has 0 aliphatic carbocycles. The Kier molecular flexibility index (Phi) is 6.80. The van der Waals surface area contributed by atoms with Crippen molar-refractivity contribution < 1.29 is 9.90 Å². The topological polar surface area (TPSA) is 75.3 Å². The van der Waals surface area contributed by atoms with E-state index in [2.05, 4.69) is 5.32 Å². The van der Waals surface area contributed by atoms with Gasteiger partial charge in [0.2, 0.25) is 5.91 Å². The summed E-state index contributed by atoms with van der Waals surface area (Å²) in [6, 6.07) is 6.96. The number of carbonyl (C=O) groups is 1. The van der Waals surface area contributed by atoms with E-state index in [-0.39, 0.29) is 18.3 Å². The molecule has 4 nitrogen and oxygen atoms in total. The van der Waals surface area contributed by atoms with E-state index < -0.39 is 12.1 Å². The predicted octanol–water partition coefficient (Wildman–Crippen LogP) is 1.13. The summed E-state index contributed by atoms with van der Waals surface area (Å²) in [5.41, 5.74) is 7.27. The molecule has 0 bridgehead atoms. The third-order valence-electron chi connectivity index (χ3n) is 2.34. The van der Waals surface area contributed by atoms with E-state index in [9.17, 15) is 9.90 Å². The first-order valence-corrected chi connectivity index (χ1v) is 5.31. The van der Waals surface area contributed by atoms with Crippen molar-refractivity contribution in [2.45, 2.75) is 32.5 Å². The molecule has 1 aromatic rings. The van der Waals surface area contributed by atoms with Gasteiger partial charge in [-0.05, 0) is 25.0 Å². The second-order valence-electron chi connectivity index (χ2n) is 3.92. The van der Waals surface area contributed by atoms with Crippen molar-refractivity contribution in [3.63, 3.8) is 0 Å². The maximum Gasteiger partial charge on any atom is 0.236 e. The summed E-state index contributed by atoms with van der Waals surface area (Å²) in [6.45, 7) is 3.82. The highest BCUT2D eigenvalue weighted by Crippen LogP contribution is 2.12.